The van der Waals surface area contributed by atoms with Crippen molar-refractivity contribution in [1.29, 1.82) is 0 Å². The second-order valence-corrected chi connectivity index (χ2v) is 7.14. The molecule has 4 heteroatoms. The summed E-state index contributed by atoms with van der Waals surface area (Å²) in [6, 6.07) is 8.84. The van der Waals surface area contributed by atoms with Crippen molar-refractivity contribution in [3.63, 3.8) is 0 Å². The Morgan fingerprint density at radius 3 is 2.57 bits per heavy atom. The van der Waals surface area contributed by atoms with E-state index < -0.39 is 0 Å². The number of ether oxygens (including phenoxy) is 2. The van der Waals surface area contributed by atoms with Gasteiger partial charge in [0.05, 0.1) is 19.3 Å². The predicted molar refractivity (Wildman–Crippen MR) is 92.4 cm³/mol. The molecule has 128 valence electrons. The Hall–Kier alpha value is -0.940. The summed E-state index contributed by atoms with van der Waals surface area (Å²) < 4.78 is 11.2. The molecule has 2 fully saturated rings. The molecule has 23 heavy (non-hydrogen) atoms. The fourth-order valence-corrected chi connectivity index (χ4v) is 3.30. The second kappa shape index (κ2) is 8.25. The minimum Gasteiger partial charge on any atom is -0.380 e. The van der Waals surface area contributed by atoms with Gasteiger partial charge in [-0.2, -0.15) is 0 Å². The summed E-state index contributed by atoms with van der Waals surface area (Å²) in [5, 5.41) is 0. The van der Waals surface area contributed by atoms with Crippen LogP contribution in [0.3, 0.4) is 0 Å². The zero-order valence-corrected chi connectivity index (χ0v) is 14.5. The molecule has 1 aliphatic heterocycles. The van der Waals surface area contributed by atoms with Crippen LogP contribution in [0.1, 0.15) is 24.0 Å². The van der Waals surface area contributed by atoms with E-state index in [4.69, 9.17) is 9.47 Å². The summed E-state index contributed by atoms with van der Waals surface area (Å²) in [6.45, 7) is 6.93. The lowest BCUT2D eigenvalue weighted by atomic mass is 10.1. The lowest BCUT2D eigenvalue weighted by Gasteiger charge is -2.34. The zero-order chi connectivity index (χ0) is 16.1. The Morgan fingerprint density at radius 2 is 1.91 bits per heavy atom. The van der Waals surface area contributed by atoms with E-state index in [-0.39, 0.29) is 0 Å². The third-order valence-electron chi connectivity index (χ3n) is 4.76. The molecule has 1 saturated carbocycles. The van der Waals surface area contributed by atoms with E-state index in [1.165, 1.54) is 30.5 Å². The van der Waals surface area contributed by atoms with Crippen LogP contribution in [0, 0.1) is 5.92 Å². The maximum Gasteiger partial charge on any atom is 0.0829 e. The molecule has 1 atom stereocenters. The lowest BCUT2D eigenvalue weighted by molar-refractivity contribution is -0.0372. The van der Waals surface area contributed by atoms with Gasteiger partial charge in [0.25, 0.3) is 0 Å². The SMILES string of the molecule is COCc1ccc(CN(CC2CC2)C[C@H]2CN(C)CCO2)cc1. The van der Waals surface area contributed by atoms with Gasteiger partial charge in [-0.15, -0.1) is 0 Å². The van der Waals surface area contributed by atoms with Crippen LogP contribution >= 0.6 is 0 Å². The van der Waals surface area contributed by atoms with Gasteiger partial charge in [-0.25, -0.2) is 0 Å². The normalized spacial score (nSPS) is 22.7. The summed E-state index contributed by atoms with van der Waals surface area (Å²) in [5.74, 6) is 0.907. The summed E-state index contributed by atoms with van der Waals surface area (Å²) in [6.07, 6.45) is 3.14. The van der Waals surface area contributed by atoms with E-state index in [1.807, 2.05) is 0 Å². The lowest BCUT2D eigenvalue weighted by Crippen LogP contribution is -2.46. The van der Waals surface area contributed by atoms with Crippen molar-refractivity contribution in [2.75, 3.05) is 46.9 Å². The van der Waals surface area contributed by atoms with E-state index in [0.717, 1.165) is 38.7 Å². The molecule has 4 nitrogen and oxygen atoms in total. The summed E-state index contributed by atoms with van der Waals surface area (Å²) in [7, 11) is 3.93. The molecule has 1 aromatic rings. The Bertz CT molecular complexity index is 473. The Kier molecular flexibility index (Phi) is 6.06. The quantitative estimate of drug-likeness (QED) is 0.735. The van der Waals surface area contributed by atoms with Gasteiger partial charge in [0.15, 0.2) is 0 Å². The zero-order valence-electron chi connectivity index (χ0n) is 14.5. The molecule has 0 unspecified atom stereocenters. The number of methoxy groups -OCH3 is 1. The highest BCUT2D eigenvalue weighted by molar-refractivity contribution is 5.22. The summed E-state index contributed by atoms with van der Waals surface area (Å²) >= 11 is 0. The highest BCUT2D eigenvalue weighted by Gasteiger charge is 2.27. The molecule has 0 amide bonds. The average Bonchev–Trinajstić information content (AvgIpc) is 3.33. The first-order chi connectivity index (χ1) is 11.2. The van der Waals surface area contributed by atoms with Crippen molar-refractivity contribution >= 4 is 0 Å². The molecular formula is C19H30N2O2. The van der Waals surface area contributed by atoms with Crippen molar-refractivity contribution in [1.82, 2.24) is 9.80 Å². The van der Waals surface area contributed by atoms with Crippen LogP contribution in [0.2, 0.25) is 0 Å². The van der Waals surface area contributed by atoms with Crippen LogP contribution < -0.4 is 0 Å². The molecule has 1 aliphatic carbocycles. The van der Waals surface area contributed by atoms with Crippen LogP contribution in [-0.4, -0.2) is 62.8 Å². The number of morpholine rings is 1. The smallest absolute Gasteiger partial charge is 0.0829 e. The van der Waals surface area contributed by atoms with Gasteiger partial charge in [-0.1, -0.05) is 24.3 Å². The molecule has 0 N–H and O–H groups in total. The molecule has 0 aromatic heterocycles. The number of hydrogen-bond acceptors (Lipinski definition) is 4. The largest absolute Gasteiger partial charge is 0.380 e. The third-order valence-corrected chi connectivity index (χ3v) is 4.76. The number of likely N-dealkylation sites (N-methyl/N-ethyl adjacent to an activating group) is 1. The second-order valence-electron chi connectivity index (χ2n) is 7.14. The monoisotopic (exact) mass is 318 g/mol. The van der Waals surface area contributed by atoms with Gasteiger partial charge in [0.1, 0.15) is 0 Å². The van der Waals surface area contributed by atoms with Crippen molar-refractivity contribution in [2.24, 2.45) is 5.92 Å². The average molecular weight is 318 g/mol. The van der Waals surface area contributed by atoms with Crippen molar-refractivity contribution in [3.05, 3.63) is 35.4 Å². The molecule has 1 heterocycles. The molecule has 2 aliphatic rings. The van der Waals surface area contributed by atoms with Crippen molar-refractivity contribution in [2.45, 2.75) is 32.1 Å². The maximum atomic E-state index is 5.97. The fraction of sp³-hybridized carbons (Fsp3) is 0.684. The predicted octanol–water partition coefficient (Wildman–Crippen LogP) is 2.38. The molecule has 0 radical (unpaired) electrons. The number of benzene rings is 1. The van der Waals surface area contributed by atoms with Gasteiger partial charge in [-0.3, -0.25) is 4.90 Å². The van der Waals surface area contributed by atoms with Gasteiger partial charge < -0.3 is 14.4 Å². The minimum atomic E-state index is 0.347. The highest BCUT2D eigenvalue weighted by atomic mass is 16.5. The molecule has 0 bridgehead atoms. The van der Waals surface area contributed by atoms with Crippen LogP contribution in [0.5, 0.6) is 0 Å². The van der Waals surface area contributed by atoms with Crippen molar-refractivity contribution in [3.8, 4) is 0 Å². The van der Waals surface area contributed by atoms with E-state index in [9.17, 15) is 0 Å². The first-order valence-electron chi connectivity index (χ1n) is 8.82. The van der Waals surface area contributed by atoms with Crippen LogP contribution in [0.25, 0.3) is 0 Å². The van der Waals surface area contributed by atoms with Gasteiger partial charge in [0, 0.05) is 39.8 Å². The first-order valence-corrected chi connectivity index (χ1v) is 8.82. The minimum absolute atomic E-state index is 0.347. The molecule has 3 rings (SSSR count). The first kappa shape index (κ1) is 16.9. The van der Waals surface area contributed by atoms with Crippen LogP contribution in [0.4, 0.5) is 0 Å². The van der Waals surface area contributed by atoms with Gasteiger partial charge >= 0.3 is 0 Å². The van der Waals surface area contributed by atoms with E-state index >= 15 is 0 Å². The van der Waals surface area contributed by atoms with Gasteiger partial charge in [0.2, 0.25) is 0 Å². The van der Waals surface area contributed by atoms with E-state index in [0.29, 0.717) is 12.7 Å². The molecule has 1 saturated heterocycles. The molecule has 1 aromatic carbocycles. The van der Waals surface area contributed by atoms with Crippen LogP contribution in [0.15, 0.2) is 24.3 Å². The number of hydrogen-bond donors (Lipinski definition) is 0. The Balaban J connectivity index is 1.56. The topological polar surface area (TPSA) is 24.9 Å². The summed E-state index contributed by atoms with van der Waals surface area (Å²) in [4.78, 5) is 4.97. The number of nitrogens with zero attached hydrogens (tertiary/aromatic N) is 2. The fourth-order valence-electron chi connectivity index (χ4n) is 3.30. The standard InChI is InChI=1S/C19H30N2O2/c1-20-9-10-23-19(13-20)14-21(11-16-3-4-16)12-17-5-7-18(8-6-17)15-22-2/h5-8,16,19H,3-4,9-15H2,1-2H3/t19-/m1/s1. The number of rotatable bonds is 8. The summed E-state index contributed by atoms with van der Waals surface area (Å²) in [5.41, 5.74) is 2.62. The third kappa shape index (κ3) is 5.57. The Morgan fingerprint density at radius 1 is 1.17 bits per heavy atom. The highest BCUT2D eigenvalue weighted by Crippen LogP contribution is 2.30. The maximum absolute atomic E-state index is 5.97. The van der Waals surface area contributed by atoms with Crippen LogP contribution in [-0.2, 0) is 22.6 Å². The van der Waals surface area contributed by atoms with E-state index in [2.05, 4.69) is 41.1 Å². The Labute approximate surface area is 140 Å². The van der Waals surface area contributed by atoms with E-state index in [1.54, 1.807) is 7.11 Å². The molecule has 0 spiro atoms. The van der Waals surface area contributed by atoms with Crippen molar-refractivity contribution < 1.29 is 9.47 Å². The van der Waals surface area contributed by atoms with Gasteiger partial charge in [-0.05, 0) is 36.9 Å². The molecular weight excluding hydrogens is 288 g/mol.